The maximum Gasteiger partial charge on any atom is 0.317 e. The topological polar surface area (TPSA) is 32.3 Å². The quantitative estimate of drug-likeness (QED) is 0.840. The minimum absolute atomic E-state index is 0.0931. The summed E-state index contributed by atoms with van der Waals surface area (Å²) in [5.74, 6) is 0. The van der Waals surface area contributed by atoms with Crippen molar-refractivity contribution >= 4 is 17.4 Å². The van der Waals surface area contributed by atoms with Crippen LogP contribution in [0.15, 0.2) is 16.8 Å². The second kappa shape index (κ2) is 5.34. The first-order chi connectivity index (χ1) is 7.81. The van der Waals surface area contributed by atoms with E-state index in [-0.39, 0.29) is 6.03 Å². The zero-order valence-corrected chi connectivity index (χ0v) is 10.4. The van der Waals surface area contributed by atoms with Crippen LogP contribution < -0.4 is 5.32 Å². The van der Waals surface area contributed by atoms with E-state index < -0.39 is 0 Å². The summed E-state index contributed by atoms with van der Waals surface area (Å²) in [6.07, 6.45) is 3.30. The molecule has 0 atom stereocenters. The van der Waals surface area contributed by atoms with Gasteiger partial charge in [-0.05, 0) is 41.7 Å². The first kappa shape index (κ1) is 11.5. The monoisotopic (exact) mass is 238 g/mol. The molecule has 1 aliphatic carbocycles. The molecule has 16 heavy (non-hydrogen) atoms. The molecule has 0 bridgehead atoms. The molecule has 1 fully saturated rings. The molecule has 1 heterocycles. The van der Waals surface area contributed by atoms with Crippen molar-refractivity contribution in [3.8, 4) is 0 Å². The van der Waals surface area contributed by atoms with Gasteiger partial charge in [-0.1, -0.05) is 6.92 Å². The van der Waals surface area contributed by atoms with E-state index in [1.807, 2.05) is 4.90 Å². The van der Waals surface area contributed by atoms with Gasteiger partial charge in [0.15, 0.2) is 0 Å². The lowest BCUT2D eigenvalue weighted by molar-refractivity contribution is 0.192. The number of carbonyl (C=O) groups excluding carboxylic acids is 1. The minimum Gasteiger partial charge on any atom is -0.338 e. The van der Waals surface area contributed by atoms with Crippen LogP contribution >= 0.6 is 11.3 Å². The van der Waals surface area contributed by atoms with Gasteiger partial charge in [-0.15, -0.1) is 0 Å². The van der Waals surface area contributed by atoms with Crippen molar-refractivity contribution in [1.82, 2.24) is 10.2 Å². The van der Waals surface area contributed by atoms with Crippen LogP contribution in [0.1, 0.15) is 31.7 Å². The summed E-state index contributed by atoms with van der Waals surface area (Å²) in [7, 11) is 0. The van der Waals surface area contributed by atoms with Crippen molar-refractivity contribution in [3.63, 3.8) is 0 Å². The highest BCUT2D eigenvalue weighted by Crippen LogP contribution is 2.28. The minimum atomic E-state index is 0.0931. The number of carbonyl (C=O) groups is 1. The van der Waals surface area contributed by atoms with Crippen molar-refractivity contribution in [2.24, 2.45) is 0 Å². The third-order valence-corrected chi connectivity index (χ3v) is 3.44. The highest BCUT2D eigenvalue weighted by molar-refractivity contribution is 7.07. The van der Waals surface area contributed by atoms with E-state index in [9.17, 15) is 4.79 Å². The Kier molecular flexibility index (Phi) is 3.83. The molecule has 2 amide bonds. The van der Waals surface area contributed by atoms with Gasteiger partial charge in [0.05, 0.1) is 0 Å². The Hall–Kier alpha value is -1.03. The highest BCUT2D eigenvalue weighted by atomic mass is 32.1. The lowest BCUT2D eigenvalue weighted by atomic mass is 10.3. The Morgan fingerprint density at radius 1 is 1.62 bits per heavy atom. The molecular weight excluding hydrogens is 220 g/mol. The molecule has 1 N–H and O–H groups in total. The van der Waals surface area contributed by atoms with Gasteiger partial charge in [0.25, 0.3) is 0 Å². The Labute approximate surface area is 100 Å². The SMILES string of the molecule is CCCNC(=O)N(Cc1ccsc1)C1CC1. The Balaban J connectivity index is 1.92. The maximum atomic E-state index is 11.9. The summed E-state index contributed by atoms with van der Waals surface area (Å²) in [5, 5.41) is 7.13. The van der Waals surface area contributed by atoms with Crippen LogP contribution in [0.2, 0.25) is 0 Å². The van der Waals surface area contributed by atoms with Crippen LogP contribution in [0, 0.1) is 0 Å². The van der Waals surface area contributed by atoms with Crippen LogP contribution in [0.5, 0.6) is 0 Å². The van der Waals surface area contributed by atoms with Gasteiger partial charge in [-0.25, -0.2) is 4.79 Å². The van der Waals surface area contributed by atoms with Crippen LogP contribution in [-0.4, -0.2) is 23.5 Å². The van der Waals surface area contributed by atoms with Crippen LogP contribution in [0.3, 0.4) is 0 Å². The fraction of sp³-hybridized carbons (Fsp3) is 0.583. The van der Waals surface area contributed by atoms with E-state index in [2.05, 4.69) is 29.1 Å². The second-order valence-electron chi connectivity index (χ2n) is 4.22. The fourth-order valence-electron chi connectivity index (χ4n) is 1.67. The molecule has 4 heteroatoms. The van der Waals surface area contributed by atoms with Crippen molar-refractivity contribution < 1.29 is 4.79 Å². The standard InChI is InChI=1S/C12H18N2OS/c1-2-6-13-12(15)14(11-3-4-11)8-10-5-7-16-9-10/h5,7,9,11H,2-4,6,8H2,1H3,(H,13,15). The molecule has 1 saturated carbocycles. The van der Waals surface area contributed by atoms with Crippen molar-refractivity contribution in [2.45, 2.75) is 38.8 Å². The predicted octanol–water partition coefficient (Wildman–Crippen LogP) is 2.83. The van der Waals surface area contributed by atoms with Crippen LogP contribution in [0.4, 0.5) is 4.79 Å². The summed E-state index contributed by atoms with van der Waals surface area (Å²) in [4.78, 5) is 13.9. The molecule has 0 unspecified atom stereocenters. The molecule has 0 radical (unpaired) electrons. The maximum absolute atomic E-state index is 11.9. The van der Waals surface area contributed by atoms with E-state index >= 15 is 0 Å². The number of hydrogen-bond donors (Lipinski definition) is 1. The summed E-state index contributed by atoms with van der Waals surface area (Å²) in [6, 6.07) is 2.65. The van der Waals surface area contributed by atoms with Crippen molar-refractivity contribution in [3.05, 3.63) is 22.4 Å². The largest absolute Gasteiger partial charge is 0.338 e. The van der Waals surface area contributed by atoms with Crippen LogP contribution in [0.25, 0.3) is 0 Å². The zero-order valence-electron chi connectivity index (χ0n) is 9.61. The van der Waals surface area contributed by atoms with E-state index in [0.29, 0.717) is 6.04 Å². The normalized spacial score (nSPS) is 14.8. The predicted molar refractivity (Wildman–Crippen MR) is 66.6 cm³/mol. The highest BCUT2D eigenvalue weighted by Gasteiger charge is 2.32. The average Bonchev–Trinajstić information content (AvgIpc) is 3.00. The fourth-order valence-corrected chi connectivity index (χ4v) is 2.33. The Morgan fingerprint density at radius 3 is 3.00 bits per heavy atom. The number of nitrogens with one attached hydrogen (secondary N) is 1. The Bertz CT molecular complexity index is 333. The third kappa shape index (κ3) is 2.98. The first-order valence-corrected chi connectivity index (χ1v) is 6.81. The van der Waals surface area contributed by atoms with Gasteiger partial charge < -0.3 is 10.2 Å². The third-order valence-electron chi connectivity index (χ3n) is 2.71. The van der Waals surface area contributed by atoms with Gasteiger partial charge in [0, 0.05) is 19.1 Å². The van der Waals surface area contributed by atoms with E-state index in [0.717, 1.165) is 32.4 Å². The van der Waals surface area contributed by atoms with E-state index in [1.54, 1.807) is 11.3 Å². The van der Waals surface area contributed by atoms with Gasteiger partial charge in [0.2, 0.25) is 0 Å². The lowest BCUT2D eigenvalue weighted by Crippen LogP contribution is -2.41. The first-order valence-electron chi connectivity index (χ1n) is 5.86. The average molecular weight is 238 g/mol. The van der Waals surface area contributed by atoms with Gasteiger partial charge in [-0.2, -0.15) is 11.3 Å². The number of urea groups is 1. The smallest absolute Gasteiger partial charge is 0.317 e. The molecule has 1 aromatic heterocycles. The molecule has 3 nitrogen and oxygen atoms in total. The molecule has 0 aromatic carbocycles. The number of rotatable bonds is 5. The number of thiophene rings is 1. The second-order valence-corrected chi connectivity index (χ2v) is 5.00. The molecule has 0 spiro atoms. The molecule has 0 saturated heterocycles. The summed E-state index contributed by atoms with van der Waals surface area (Å²) in [6.45, 7) is 3.59. The lowest BCUT2D eigenvalue weighted by Gasteiger charge is -2.22. The number of nitrogens with zero attached hydrogens (tertiary/aromatic N) is 1. The van der Waals surface area contributed by atoms with Crippen LogP contribution in [-0.2, 0) is 6.54 Å². The van der Waals surface area contributed by atoms with Gasteiger partial charge in [-0.3, -0.25) is 0 Å². The van der Waals surface area contributed by atoms with Gasteiger partial charge >= 0.3 is 6.03 Å². The molecule has 2 rings (SSSR count). The summed E-state index contributed by atoms with van der Waals surface area (Å²) < 4.78 is 0. The molecule has 88 valence electrons. The van der Waals surface area contributed by atoms with Crippen molar-refractivity contribution in [2.75, 3.05) is 6.54 Å². The number of amides is 2. The number of hydrogen-bond acceptors (Lipinski definition) is 2. The summed E-state index contributed by atoms with van der Waals surface area (Å²) in [5.41, 5.74) is 1.24. The van der Waals surface area contributed by atoms with E-state index in [4.69, 9.17) is 0 Å². The molecule has 0 aliphatic heterocycles. The molecule has 1 aliphatic rings. The molecular formula is C12H18N2OS. The zero-order chi connectivity index (χ0) is 11.4. The Morgan fingerprint density at radius 2 is 2.44 bits per heavy atom. The van der Waals surface area contributed by atoms with Crippen molar-refractivity contribution in [1.29, 1.82) is 0 Å². The summed E-state index contributed by atoms with van der Waals surface area (Å²) >= 11 is 1.68. The van der Waals surface area contributed by atoms with E-state index in [1.165, 1.54) is 5.56 Å². The molecule has 1 aromatic rings. The van der Waals surface area contributed by atoms with Gasteiger partial charge in [0.1, 0.15) is 0 Å².